The Morgan fingerprint density at radius 3 is 2.30 bits per heavy atom. The summed E-state index contributed by atoms with van der Waals surface area (Å²) in [6.07, 6.45) is 1.74. The second-order valence-electron chi connectivity index (χ2n) is 7.04. The molecule has 0 atom stereocenters. The minimum Gasteiger partial charge on any atom is -0.491 e. The van der Waals surface area contributed by atoms with Crippen LogP contribution in [0.25, 0.3) is 6.08 Å². The molecule has 0 bridgehead atoms. The number of hydrogen-bond donors (Lipinski definition) is 2. The third-order valence-electron chi connectivity index (χ3n) is 4.12. The molecule has 30 heavy (non-hydrogen) atoms. The van der Waals surface area contributed by atoms with E-state index in [1.54, 1.807) is 42.5 Å². The van der Waals surface area contributed by atoms with Gasteiger partial charge in [0.1, 0.15) is 11.4 Å². The highest BCUT2D eigenvalue weighted by Crippen LogP contribution is 2.18. The van der Waals surface area contributed by atoms with Gasteiger partial charge < -0.3 is 15.4 Å². The minimum atomic E-state index is -0.401. The monoisotopic (exact) mass is 420 g/mol. The van der Waals surface area contributed by atoms with Gasteiger partial charge in [-0.05, 0) is 74.7 Å². The summed E-state index contributed by atoms with van der Waals surface area (Å²) in [4.78, 5) is 26.4. The van der Waals surface area contributed by atoms with Gasteiger partial charge >= 0.3 is 0 Å². The largest absolute Gasteiger partial charge is 0.491 e. The fraction of sp³-hybridized carbons (Fsp3) is 0.167. The Bertz CT molecular complexity index is 1020. The third-order valence-corrected chi connectivity index (χ3v) is 4.94. The zero-order valence-corrected chi connectivity index (χ0v) is 18.0. The highest BCUT2D eigenvalue weighted by atomic mass is 32.1. The lowest BCUT2D eigenvalue weighted by Crippen LogP contribution is -2.30. The molecule has 0 radical (unpaired) electrons. The van der Waals surface area contributed by atoms with Crippen molar-refractivity contribution in [1.82, 2.24) is 5.32 Å². The second kappa shape index (κ2) is 9.89. The van der Waals surface area contributed by atoms with Gasteiger partial charge in [-0.3, -0.25) is 9.59 Å². The maximum absolute atomic E-state index is 12.9. The lowest BCUT2D eigenvalue weighted by Gasteiger charge is -2.13. The van der Waals surface area contributed by atoms with Gasteiger partial charge in [0.15, 0.2) is 0 Å². The molecule has 0 spiro atoms. The van der Waals surface area contributed by atoms with Gasteiger partial charge in [-0.25, -0.2) is 0 Å². The molecule has 0 aliphatic heterocycles. The maximum Gasteiger partial charge on any atom is 0.272 e. The first-order valence-electron chi connectivity index (χ1n) is 9.62. The molecule has 1 aromatic heterocycles. The molecule has 0 saturated heterocycles. The van der Waals surface area contributed by atoms with Gasteiger partial charge in [-0.1, -0.05) is 23.8 Å². The number of carbonyl (C=O) groups is 2. The zero-order valence-electron chi connectivity index (χ0n) is 17.1. The van der Waals surface area contributed by atoms with Crippen LogP contribution in [0.2, 0.25) is 0 Å². The molecule has 154 valence electrons. The first-order chi connectivity index (χ1) is 14.4. The van der Waals surface area contributed by atoms with Crippen molar-refractivity contribution in [1.29, 1.82) is 0 Å². The molecule has 3 rings (SSSR count). The van der Waals surface area contributed by atoms with Gasteiger partial charge in [0.25, 0.3) is 11.8 Å². The molecular weight excluding hydrogens is 396 g/mol. The number of amides is 2. The summed E-state index contributed by atoms with van der Waals surface area (Å²) in [6.45, 7) is 5.86. The van der Waals surface area contributed by atoms with Crippen LogP contribution in [0.5, 0.6) is 5.75 Å². The van der Waals surface area contributed by atoms with Crippen molar-refractivity contribution in [3.05, 3.63) is 87.7 Å². The maximum atomic E-state index is 12.9. The quantitative estimate of drug-likeness (QED) is 0.513. The summed E-state index contributed by atoms with van der Waals surface area (Å²) in [5.74, 6) is -0.0138. The average Bonchev–Trinajstić information content (AvgIpc) is 3.22. The van der Waals surface area contributed by atoms with Crippen LogP contribution in [-0.4, -0.2) is 17.9 Å². The third kappa shape index (κ3) is 6.06. The SMILES string of the molecule is Cc1ccc(C(=O)N/C(=C\c2cccs2)C(=O)Nc2ccc(OC(C)C)cc2)cc1. The zero-order chi connectivity index (χ0) is 21.5. The first kappa shape index (κ1) is 21.3. The Morgan fingerprint density at radius 1 is 1.00 bits per heavy atom. The van der Waals surface area contributed by atoms with E-state index in [1.807, 2.05) is 50.4 Å². The predicted molar refractivity (Wildman–Crippen MR) is 122 cm³/mol. The van der Waals surface area contributed by atoms with Crippen molar-refractivity contribution in [2.45, 2.75) is 26.9 Å². The van der Waals surface area contributed by atoms with Crippen molar-refractivity contribution in [3.63, 3.8) is 0 Å². The molecule has 0 aliphatic carbocycles. The van der Waals surface area contributed by atoms with Crippen LogP contribution in [0.15, 0.2) is 71.7 Å². The van der Waals surface area contributed by atoms with E-state index in [0.717, 1.165) is 16.2 Å². The lowest BCUT2D eigenvalue weighted by molar-refractivity contribution is -0.113. The Balaban J connectivity index is 1.77. The Hall–Kier alpha value is -3.38. The summed E-state index contributed by atoms with van der Waals surface area (Å²) in [5.41, 5.74) is 2.33. The summed E-state index contributed by atoms with van der Waals surface area (Å²) in [6, 6.07) is 18.1. The van der Waals surface area contributed by atoms with E-state index >= 15 is 0 Å². The molecule has 2 N–H and O–H groups in total. The smallest absolute Gasteiger partial charge is 0.272 e. The highest BCUT2D eigenvalue weighted by molar-refractivity contribution is 7.10. The molecule has 0 saturated carbocycles. The fourth-order valence-electron chi connectivity index (χ4n) is 2.66. The van der Waals surface area contributed by atoms with Crippen molar-refractivity contribution >= 4 is 34.9 Å². The van der Waals surface area contributed by atoms with Crippen molar-refractivity contribution < 1.29 is 14.3 Å². The molecule has 5 nitrogen and oxygen atoms in total. The van der Waals surface area contributed by atoms with E-state index in [2.05, 4.69) is 10.6 Å². The molecule has 1 heterocycles. The Labute approximate surface area is 180 Å². The van der Waals surface area contributed by atoms with Crippen LogP contribution in [0.1, 0.15) is 34.6 Å². The Morgan fingerprint density at radius 2 is 1.70 bits per heavy atom. The number of benzene rings is 2. The number of nitrogens with one attached hydrogen (secondary N) is 2. The molecule has 2 amide bonds. The number of rotatable bonds is 7. The highest BCUT2D eigenvalue weighted by Gasteiger charge is 2.15. The van der Waals surface area contributed by atoms with Crippen LogP contribution < -0.4 is 15.4 Å². The molecule has 2 aromatic carbocycles. The van der Waals surface area contributed by atoms with E-state index in [0.29, 0.717) is 11.3 Å². The molecular formula is C24H24N2O3S. The Kier molecular flexibility index (Phi) is 7.03. The minimum absolute atomic E-state index is 0.0720. The molecule has 6 heteroatoms. The second-order valence-corrected chi connectivity index (χ2v) is 8.02. The number of aryl methyl sites for hydroxylation is 1. The summed E-state index contributed by atoms with van der Waals surface area (Å²) >= 11 is 1.48. The number of carbonyl (C=O) groups excluding carboxylic acids is 2. The average molecular weight is 421 g/mol. The van der Waals surface area contributed by atoms with E-state index in [-0.39, 0.29) is 17.7 Å². The summed E-state index contributed by atoms with van der Waals surface area (Å²) in [5, 5.41) is 7.48. The van der Waals surface area contributed by atoms with Crippen molar-refractivity contribution in [3.8, 4) is 5.75 Å². The number of thiophene rings is 1. The molecule has 0 unspecified atom stereocenters. The fourth-order valence-corrected chi connectivity index (χ4v) is 3.32. The van der Waals surface area contributed by atoms with Gasteiger partial charge in [-0.2, -0.15) is 0 Å². The first-order valence-corrected chi connectivity index (χ1v) is 10.5. The lowest BCUT2D eigenvalue weighted by atomic mass is 10.1. The number of hydrogen-bond acceptors (Lipinski definition) is 4. The molecule has 0 aliphatic rings. The topological polar surface area (TPSA) is 67.4 Å². The normalized spacial score (nSPS) is 11.3. The van der Waals surface area contributed by atoms with Crippen LogP contribution in [-0.2, 0) is 4.79 Å². The van der Waals surface area contributed by atoms with Crippen LogP contribution >= 0.6 is 11.3 Å². The number of anilines is 1. The number of ether oxygens (including phenoxy) is 1. The van der Waals surface area contributed by atoms with Gasteiger partial charge in [-0.15, -0.1) is 11.3 Å². The van der Waals surface area contributed by atoms with Crippen molar-refractivity contribution in [2.75, 3.05) is 5.32 Å². The molecule has 0 fully saturated rings. The van der Waals surface area contributed by atoms with E-state index in [9.17, 15) is 9.59 Å². The standard InChI is InChI=1S/C24H24N2O3S/c1-16(2)29-20-12-10-19(11-13-20)25-24(28)22(15-21-5-4-14-30-21)26-23(27)18-8-6-17(3)7-9-18/h4-16H,1-3H3,(H,25,28)(H,26,27)/b22-15-. The van der Waals surface area contributed by atoms with E-state index < -0.39 is 5.91 Å². The van der Waals surface area contributed by atoms with E-state index in [1.165, 1.54) is 11.3 Å². The van der Waals surface area contributed by atoms with Gasteiger partial charge in [0.2, 0.25) is 0 Å². The van der Waals surface area contributed by atoms with Crippen LogP contribution in [0.3, 0.4) is 0 Å². The predicted octanol–water partition coefficient (Wildman–Crippen LogP) is 5.25. The molecule has 3 aromatic rings. The summed E-state index contributed by atoms with van der Waals surface area (Å²) < 4.78 is 5.62. The van der Waals surface area contributed by atoms with Gasteiger partial charge in [0.05, 0.1) is 6.10 Å². The van der Waals surface area contributed by atoms with Crippen LogP contribution in [0.4, 0.5) is 5.69 Å². The van der Waals surface area contributed by atoms with E-state index in [4.69, 9.17) is 4.74 Å². The van der Waals surface area contributed by atoms with Crippen molar-refractivity contribution in [2.24, 2.45) is 0 Å². The van der Waals surface area contributed by atoms with Gasteiger partial charge in [0, 0.05) is 16.1 Å². The summed E-state index contributed by atoms with van der Waals surface area (Å²) in [7, 11) is 0. The van der Waals surface area contributed by atoms with Crippen LogP contribution in [0, 0.1) is 6.92 Å².